The van der Waals surface area contributed by atoms with Crippen LogP contribution in [0.1, 0.15) is 37.5 Å². The summed E-state index contributed by atoms with van der Waals surface area (Å²) in [4.78, 5) is 2.83. The highest BCUT2D eigenvalue weighted by Gasteiger charge is 2.20. The van der Waals surface area contributed by atoms with Crippen molar-refractivity contribution in [3.8, 4) is 10.4 Å². The summed E-state index contributed by atoms with van der Waals surface area (Å²) in [7, 11) is 0. The van der Waals surface area contributed by atoms with Gasteiger partial charge in [0.05, 0.1) is 0 Å². The smallest absolute Gasteiger partial charge is 0.0351 e. The fourth-order valence-corrected chi connectivity index (χ4v) is 4.56. The van der Waals surface area contributed by atoms with E-state index in [2.05, 4.69) is 41.2 Å². The van der Waals surface area contributed by atoms with Gasteiger partial charge in [0, 0.05) is 27.9 Å². The molecule has 1 unspecified atom stereocenters. The van der Waals surface area contributed by atoms with Crippen molar-refractivity contribution in [2.45, 2.75) is 45.2 Å². The molecule has 1 atom stereocenters. The first-order valence-corrected chi connectivity index (χ1v) is 8.93. The predicted octanol–water partition coefficient (Wildman–Crippen LogP) is 5.14. The molecule has 1 aliphatic rings. The van der Waals surface area contributed by atoms with Gasteiger partial charge >= 0.3 is 0 Å². The fourth-order valence-electron chi connectivity index (χ4n) is 2.93. The molecule has 2 aromatic heterocycles. The molecule has 1 aliphatic carbocycles. The SMILES string of the molecule is CC(NCc1cc(-c2cccs2)cs1)C1CCCC1. The van der Waals surface area contributed by atoms with Crippen LogP contribution in [0.2, 0.25) is 0 Å². The average molecular weight is 291 g/mol. The molecule has 2 aromatic rings. The molecule has 0 amide bonds. The highest BCUT2D eigenvalue weighted by atomic mass is 32.1. The Morgan fingerprint density at radius 3 is 2.89 bits per heavy atom. The summed E-state index contributed by atoms with van der Waals surface area (Å²) in [5, 5.41) is 8.14. The maximum Gasteiger partial charge on any atom is 0.0351 e. The van der Waals surface area contributed by atoms with Crippen LogP contribution >= 0.6 is 22.7 Å². The predicted molar refractivity (Wildman–Crippen MR) is 85.9 cm³/mol. The molecule has 0 bridgehead atoms. The standard InChI is InChI=1S/C16H21NS2/c1-12(13-5-2-3-6-13)17-10-15-9-14(11-19-15)16-7-4-8-18-16/h4,7-9,11-13,17H,2-3,5-6,10H2,1H3. The van der Waals surface area contributed by atoms with Gasteiger partial charge in [-0.2, -0.15) is 0 Å². The van der Waals surface area contributed by atoms with Crippen LogP contribution in [0.25, 0.3) is 10.4 Å². The molecule has 0 aliphatic heterocycles. The van der Waals surface area contributed by atoms with Crippen LogP contribution in [0.4, 0.5) is 0 Å². The van der Waals surface area contributed by atoms with Crippen LogP contribution in [-0.4, -0.2) is 6.04 Å². The summed E-state index contributed by atoms with van der Waals surface area (Å²) in [5.41, 5.74) is 1.38. The van der Waals surface area contributed by atoms with Crippen LogP contribution in [0.3, 0.4) is 0 Å². The molecule has 1 fully saturated rings. The van der Waals surface area contributed by atoms with Gasteiger partial charge in [0.2, 0.25) is 0 Å². The molecular weight excluding hydrogens is 270 g/mol. The third-order valence-electron chi connectivity index (χ3n) is 4.16. The second-order valence-electron chi connectivity index (χ2n) is 5.49. The first kappa shape index (κ1) is 13.3. The van der Waals surface area contributed by atoms with Crippen molar-refractivity contribution < 1.29 is 0 Å². The fraction of sp³-hybridized carbons (Fsp3) is 0.500. The van der Waals surface area contributed by atoms with Gasteiger partial charge in [0.15, 0.2) is 0 Å². The number of hydrogen-bond donors (Lipinski definition) is 1. The first-order valence-electron chi connectivity index (χ1n) is 7.17. The summed E-state index contributed by atoms with van der Waals surface area (Å²) >= 11 is 3.70. The van der Waals surface area contributed by atoms with E-state index in [0.29, 0.717) is 6.04 Å². The van der Waals surface area contributed by atoms with E-state index < -0.39 is 0 Å². The van der Waals surface area contributed by atoms with Gasteiger partial charge in [-0.25, -0.2) is 0 Å². The first-order chi connectivity index (χ1) is 9.33. The second kappa shape index (κ2) is 6.21. The Labute approximate surface area is 123 Å². The average Bonchev–Trinajstić information content (AvgIpc) is 3.14. The Morgan fingerprint density at radius 2 is 2.16 bits per heavy atom. The van der Waals surface area contributed by atoms with Gasteiger partial charge in [0.1, 0.15) is 0 Å². The number of nitrogens with one attached hydrogen (secondary N) is 1. The highest BCUT2D eigenvalue weighted by molar-refractivity contribution is 7.14. The Balaban J connectivity index is 1.55. The lowest BCUT2D eigenvalue weighted by molar-refractivity contribution is 0.381. The molecule has 3 heteroatoms. The van der Waals surface area contributed by atoms with Gasteiger partial charge in [-0.05, 0) is 48.6 Å². The topological polar surface area (TPSA) is 12.0 Å². The molecule has 2 heterocycles. The zero-order valence-electron chi connectivity index (χ0n) is 11.4. The van der Waals surface area contributed by atoms with Crippen molar-refractivity contribution in [1.82, 2.24) is 5.32 Å². The zero-order valence-corrected chi connectivity index (χ0v) is 13.0. The van der Waals surface area contributed by atoms with Gasteiger partial charge in [0.25, 0.3) is 0 Å². The van der Waals surface area contributed by atoms with Crippen molar-refractivity contribution >= 4 is 22.7 Å². The molecule has 0 aromatic carbocycles. The van der Waals surface area contributed by atoms with Crippen LogP contribution in [0.5, 0.6) is 0 Å². The molecule has 1 nitrogen and oxygen atoms in total. The third-order valence-corrected chi connectivity index (χ3v) is 6.02. The summed E-state index contributed by atoms with van der Waals surface area (Å²) in [6.45, 7) is 3.37. The van der Waals surface area contributed by atoms with Gasteiger partial charge in [-0.15, -0.1) is 22.7 Å². The van der Waals surface area contributed by atoms with Crippen molar-refractivity contribution in [3.05, 3.63) is 33.8 Å². The minimum Gasteiger partial charge on any atom is -0.309 e. The van der Waals surface area contributed by atoms with E-state index in [9.17, 15) is 0 Å². The molecular formula is C16H21NS2. The lowest BCUT2D eigenvalue weighted by atomic mass is 10.00. The van der Waals surface area contributed by atoms with E-state index in [1.807, 2.05) is 22.7 Å². The van der Waals surface area contributed by atoms with E-state index in [1.165, 1.54) is 41.0 Å². The summed E-state index contributed by atoms with van der Waals surface area (Å²) in [6.07, 6.45) is 5.69. The number of hydrogen-bond acceptors (Lipinski definition) is 3. The van der Waals surface area contributed by atoms with Gasteiger partial charge in [-0.1, -0.05) is 18.9 Å². The summed E-state index contributed by atoms with van der Waals surface area (Å²) in [6, 6.07) is 7.32. The number of rotatable bonds is 5. The Bertz CT molecular complexity index is 495. The van der Waals surface area contributed by atoms with E-state index in [4.69, 9.17) is 0 Å². The van der Waals surface area contributed by atoms with Crippen molar-refractivity contribution in [2.24, 2.45) is 5.92 Å². The molecule has 0 saturated heterocycles. The van der Waals surface area contributed by atoms with E-state index >= 15 is 0 Å². The van der Waals surface area contributed by atoms with Crippen LogP contribution in [0, 0.1) is 5.92 Å². The molecule has 0 spiro atoms. The molecule has 1 N–H and O–H groups in total. The van der Waals surface area contributed by atoms with Crippen molar-refractivity contribution in [3.63, 3.8) is 0 Å². The maximum atomic E-state index is 3.71. The van der Waals surface area contributed by atoms with E-state index in [-0.39, 0.29) is 0 Å². The van der Waals surface area contributed by atoms with Crippen LogP contribution in [0.15, 0.2) is 29.0 Å². The minimum atomic E-state index is 0.662. The zero-order chi connectivity index (χ0) is 13.1. The monoisotopic (exact) mass is 291 g/mol. The molecule has 3 rings (SSSR count). The maximum absolute atomic E-state index is 3.71. The van der Waals surface area contributed by atoms with E-state index in [0.717, 1.165) is 12.5 Å². The van der Waals surface area contributed by atoms with Gasteiger partial charge < -0.3 is 5.32 Å². The highest BCUT2D eigenvalue weighted by Crippen LogP contribution is 2.30. The van der Waals surface area contributed by atoms with Gasteiger partial charge in [-0.3, -0.25) is 0 Å². The number of thiophene rings is 2. The normalized spacial score (nSPS) is 17.9. The van der Waals surface area contributed by atoms with Crippen molar-refractivity contribution in [2.75, 3.05) is 0 Å². The molecule has 19 heavy (non-hydrogen) atoms. The van der Waals surface area contributed by atoms with Crippen LogP contribution < -0.4 is 5.32 Å². The van der Waals surface area contributed by atoms with Crippen molar-refractivity contribution in [1.29, 1.82) is 0 Å². The van der Waals surface area contributed by atoms with Crippen LogP contribution in [-0.2, 0) is 6.54 Å². The largest absolute Gasteiger partial charge is 0.309 e. The molecule has 102 valence electrons. The summed E-state index contributed by atoms with van der Waals surface area (Å²) < 4.78 is 0. The third kappa shape index (κ3) is 3.28. The van der Waals surface area contributed by atoms with E-state index in [1.54, 1.807) is 0 Å². The Morgan fingerprint density at radius 1 is 1.32 bits per heavy atom. The lowest BCUT2D eigenvalue weighted by Crippen LogP contribution is -2.31. The Hall–Kier alpha value is -0.640. The summed E-state index contributed by atoms with van der Waals surface area (Å²) in [5.74, 6) is 0.900. The Kier molecular flexibility index (Phi) is 4.36. The molecule has 0 radical (unpaired) electrons. The second-order valence-corrected chi connectivity index (χ2v) is 7.44. The minimum absolute atomic E-state index is 0.662. The lowest BCUT2D eigenvalue weighted by Gasteiger charge is -2.19. The quantitative estimate of drug-likeness (QED) is 0.804. The molecule has 1 saturated carbocycles.